The summed E-state index contributed by atoms with van der Waals surface area (Å²) in [6.07, 6.45) is -2.36. The van der Waals surface area contributed by atoms with Crippen LogP contribution in [0.4, 0.5) is 5.95 Å². The molecule has 3 aromatic rings. The van der Waals surface area contributed by atoms with Gasteiger partial charge in [-0.05, 0) is 30.3 Å². The standard InChI is InChI=1S/C23H31N5O6Si/c1-23(2,3)35(4,5)34-17-14(11-29)33-21(16(17)30)28-12-24-15-18(28)25-22(27-20(15)32)26-19(31)13-9-7-6-8-10-13/h6-10,12,14,16-17,21,29-30H,11H2,1-5H3,(H2,25,26,27,31,32)/t14-,16-,17-,21-/m1/s1. The lowest BCUT2D eigenvalue weighted by Crippen LogP contribution is -2.49. The molecular formula is C23H31N5O6Si. The SMILES string of the molecule is CC(C)(C)[Si](C)(C)O[C@H]1[C@@H](O)[C@H](n2cnc3c(=O)[nH]c(NC(=O)c4ccccc4)nc32)O[C@@H]1CO. The number of rotatable bonds is 6. The first kappa shape index (κ1) is 25.2. The summed E-state index contributed by atoms with van der Waals surface area (Å²) in [4.78, 5) is 36.1. The average molecular weight is 502 g/mol. The zero-order valence-corrected chi connectivity index (χ0v) is 21.3. The molecule has 1 aliphatic rings. The van der Waals surface area contributed by atoms with Crippen molar-refractivity contribution < 1.29 is 24.2 Å². The fourth-order valence-corrected chi connectivity index (χ4v) is 5.02. The first-order valence-corrected chi connectivity index (χ1v) is 14.3. The summed E-state index contributed by atoms with van der Waals surface area (Å²) in [7, 11) is -2.30. The Bertz CT molecular complexity index is 1270. The maximum Gasteiger partial charge on any atom is 0.280 e. The van der Waals surface area contributed by atoms with Crippen molar-refractivity contribution in [3.8, 4) is 0 Å². The lowest BCUT2D eigenvalue weighted by molar-refractivity contribution is -0.0506. The number of ether oxygens (including phenoxy) is 1. The molecular weight excluding hydrogens is 470 g/mol. The number of carbonyl (C=O) groups excluding carboxylic acids is 1. The first-order valence-electron chi connectivity index (χ1n) is 11.4. The molecule has 0 spiro atoms. The number of fused-ring (bicyclic) bond motifs is 1. The molecule has 1 aliphatic heterocycles. The molecule has 1 saturated heterocycles. The molecule has 35 heavy (non-hydrogen) atoms. The first-order chi connectivity index (χ1) is 16.4. The van der Waals surface area contributed by atoms with E-state index < -0.39 is 44.3 Å². The summed E-state index contributed by atoms with van der Waals surface area (Å²) in [5, 5.41) is 23.6. The molecule has 0 saturated carbocycles. The van der Waals surface area contributed by atoms with Crippen molar-refractivity contribution in [1.82, 2.24) is 19.5 Å². The molecule has 0 unspecified atom stereocenters. The maximum atomic E-state index is 12.6. The summed E-state index contributed by atoms with van der Waals surface area (Å²) >= 11 is 0. The van der Waals surface area contributed by atoms with Crippen LogP contribution < -0.4 is 10.9 Å². The molecule has 4 rings (SSSR count). The molecule has 1 aromatic carbocycles. The van der Waals surface area contributed by atoms with Crippen molar-refractivity contribution in [3.63, 3.8) is 0 Å². The minimum Gasteiger partial charge on any atom is -0.408 e. The number of amides is 1. The average Bonchev–Trinajstić information content (AvgIpc) is 3.34. The van der Waals surface area contributed by atoms with Gasteiger partial charge in [0.1, 0.15) is 18.3 Å². The fourth-order valence-electron chi connectivity index (χ4n) is 3.70. The predicted octanol–water partition coefficient (Wildman–Crippen LogP) is 2.01. The van der Waals surface area contributed by atoms with Crippen LogP contribution in [0.1, 0.15) is 37.4 Å². The van der Waals surface area contributed by atoms with Crippen molar-refractivity contribution in [2.75, 3.05) is 11.9 Å². The highest BCUT2D eigenvalue weighted by atomic mass is 28.4. The van der Waals surface area contributed by atoms with Gasteiger partial charge in [0, 0.05) is 5.56 Å². The highest BCUT2D eigenvalue weighted by Gasteiger charge is 2.50. The monoisotopic (exact) mass is 501 g/mol. The van der Waals surface area contributed by atoms with Gasteiger partial charge in [0.05, 0.1) is 12.9 Å². The number of aromatic nitrogens is 4. The topological polar surface area (TPSA) is 152 Å². The van der Waals surface area contributed by atoms with Crippen molar-refractivity contribution >= 4 is 31.3 Å². The van der Waals surface area contributed by atoms with Gasteiger partial charge in [-0.3, -0.25) is 24.5 Å². The van der Waals surface area contributed by atoms with Gasteiger partial charge >= 0.3 is 0 Å². The van der Waals surface area contributed by atoms with Crippen molar-refractivity contribution in [2.24, 2.45) is 0 Å². The summed E-state index contributed by atoms with van der Waals surface area (Å²) in [5.41, 5.74) is -0.0225. The van der Waals surface area contributed by atoms with E-state index in [1.54, 1.807) is 30.3 Å². The van der Waals surface area contributed by atoms with Gasteiger partial charge in [-0.2, -0.15) is 4.98 Å². The van der Waals surface area contributed by atoms with Crippen LogP contribution in [0.5, 0.6) is 0 Å². The van der Waals surface area contributed by atoms with Gasteiger partial charge in [-0.15, -0.1) is 0 Å². The summed E-state index contributed by atoms with van der Waals surface area (Å²) in [6, 6.07) is 8.51. The molecule has 0 aliphatic carbocycles. The van der Waals surface area contributed by atoms with Crippen molar-refractivity contribution in [3.05, 3.63) is 52.6 Å². The van der Waals surface area contributed by atoms with E-state index in [0.29, 0.717) is 5.56 Å². The van der Waals surface area contributed by atoms with Crippen molar-refractivity contribution in [1.29, 1.82) is 0 Å². The number of aliphatic hydroxyl groups excluding tert-OH is 2. The smallest absolute Gasteiger partial charge is 0.280 e. The predicted molar refractivity (Wildman–Crippen MR) is 132 cm³/mol. The normalized spacial score (nSPS) is 23.1. The molecule has 4 N–H and O–H groups in total. The Balaban J connectivity index is 1.65. The second kappa shape index (κ2) is 9.28. The largest absolute Gasteiger partial charge is 0.408 e. The third-order valence-electron chi connectivity index (χ3n) is 6.70. The Kier molecular flexibility index (Phi) is 6.68. The Labute approximate surface area is 203 Å². The van der Waals surface area contributed by atoms with Gasteiger partial charge in [-0.25, -0.2) is 4.98 Å². The number of imidazole rings is 1. The van der Waals surface area contributed by atoms with Gasteiger partial charge in [-0.1, -0.05) is 39.0 Å². The molecule has 1 fully saturated rings. The second-order valence-electron chi connectivity index (χ2n) is 10.1. The number of hydrogen-bond donors (Lipinski definition) is 4. The number of hydrogen-bond acceptors (Lipinski definition) is 8. The van der Waals surface area contributed by atoms with E-state index in [1.165, 1.54) is 10.9 Å². The van der Waals surface area contributed by atoms with Crippen LogP contribution in [0.25, 0.3) is 11.2 Å². The number of aromatic amines is 1. The molecule has 12 heteroatoms. The van der Waals surface area contributed by atoms with E-state index in [4.69, 9.17) is 9.16 Å². The van der Waals surface area contributed by atoms with Crippen LogP contribution in [-0.2, 0) is 9.16 Å². The number of benzene rings is 1. The highest BCUT2D eigenvalue weighted by Crippen LogP contribution is 2.41. The van der Waals surface area contributed by atoms with Crippen LogP contribution in [0.15, 0.2) is 41.5 Å². The van der Waals surface area contributed by atoms with E-state index in [1.807, 2.05) is 0 Å². The Morgan fingerprint density at radius 2 is 1.97 bits per heavy atom. The third-order valence-corrected chi connectivity index (χ3v) is 11.2. The van der Waals surface area contributed by atoms with Gasteiger partial charge in [0.15, 0.2) is 25.7 Å². The molecule has 11 nitrogen and oxygen atoms in total. The number of nitrogens with zero attached hydrogens (tertiary/aromatic N) is 3. The van der Waals surface area contributed by atoms with E-state index in [0.717, 1.165) is 0 Å². The maximum absolute atomic E-state index is 12.6. The molecule has 0 bridgehead atoms. The van der Waals surface area contributed by atoms with Crippen molar-refractivity contribution in [2.45, 2.75) is 63.4 Å². The Morgan fingerprint density at radius 3 is 2.60 bits per heavy atom. The molecule has 0 radical (unpaired) electrons. The van der Waals surface area contributed by atoms with Gasteiger partial charge in [0.2, 0.25) is 5.95 Å². The lowest BCUT2D eigenvalue weighted by atomic mass is 10.1. The van der Waals surface area contributed by atoms with Crippen LogP contribution >= 0.6 is 0 Å². The van der Waals surface area contributed by atoms with Crippen LogP contribution in [0.3, 0.4) is 0 Å². The summed E-state index contributed by atoms with van der Waals surface area (Å²) in [6.45, 7) is 9.99. The minimum absolute atomic E-state index is 0.0211. The zero-order chi connectivity index (χ0) is 25.5. The van der Waals surface area contributed by atoms with E-state index in [9.17, 15) is 19.8 Å². The molecule has 4 atom stereocenters. The lowest BCUT2D eigenvalue weighted by Gasteiger charge is -2.39. The van der Waals surface area contributed by atoms with Gasteiger partial charge < -0.3 is 19.4 Å². The highest BCUT2D eigenvalue weighted by molar-refractivity contribution is 6.74. The third kappa shape index (κ3) is 4.80. The van der Waals surface area contributed by atoms with Gasteiger partial charge in [0.25, 0.3) is 11.5 Å². The Hall–Kier alpha value is -2.90. The number of carbonyl (C=O) groups is 1. The van der Waals surface area contributed by atoms with E-state index in [2.05, 4.69) is 54.1 Å². The van der Waals surface area contributed by atoms with Crippen LogP contribution in [-0.4, -0.2) is 68.9 Å². The fraction of sp³-hybridized carbons (Fsp3) is 0.478. The molecule has 3 heterocycles. The number of nitrogens with one attached hydrogen (secondary N) is 2. The van der Waals surface area contributed by atoms with Crippen LogP contribution in [0.2, 0.25) is 18.1 Å². The minimum atomic E-state index is -2.30. The number of anilines is 1. The Morgan fingerprint density at radius 1 is 1.29 bits per heavy atom. The van der Waals surface area contributed by atoms with Crippen LogP contribution in [0, 0.1) is 0 Å². The number of aliphatic hydroxyl groups is 2. The molecule has 1 amide bonds. The summed E-state index contributed by atoms with van der Waals surface area (Å²) < 4.78 is 13.8. The van der Waals surface area contributed by atoms with E-state index in [-0.39, 0.29) is 28.8 Å². The summed E-state index contributed by atoms with van der Waals surface area (Å²) in [5.74, 6) is -0.516. The van der Waals surface area contributed by atoms with E-state index >= 15 is 0 Å². The number of H-pyrrole nitrogens is 1. The molecule has 188 valence electrons. The zero-order valence-electron chi connectivity index (χ0n) is 20.3. The molecule has 2 aromatic heterocycles. The quantitative estimate of drug-likeness (QED) is 0.375. The second-order valence-corrected chi connectivity index (χ2v) is 14.9.